The summed E-state index contributed by atoms with van der Waals surface area (Å²) in [5.41, 5.74) is -0.438. The summed E-state index contributed by atoms with van der Waals surface area (Å²) in [4.78, 5) is 41.0. The van der Waals surface area contributed by atoms with E-state index in [9.17, 15) is 14.2 Å². The minimum atomic E-state index is -3.31. The summed E-state index contributed by atoms with van der Waals surface area (Å²) < 4.78 is 51.9. The molecule has 1 amide bonds. The Morgan fingerprint density at radius 3 is 2.48 bits per heavy atom. The molecule has 0 spiro atoms. The van der Waals surface area contributed by atoms with Gasteiger partial charge in [0.2, 0.25) is 17.2 Å². The molecule has 2 saturated heterocycles. The molecule has 1 unspecified atom stereocenters. The first-order valence-corrected chi connectivity index (χ1v) is 20.0. The maximum absolute atomic E-state index is 13.7. The molecule has 5 atom stereocenters. The number of halogens is 1. The van der Waals surface area contributed by atoms with Crippen LogP contribution in [0.3, 0.4) is 0 Å². The van der Waals surface area contributed by atoms with Crippen molar-refractivity contribution in [3.05, 3.63) is 22.9 Å². The van der Waals surface area contributed by atoms with Gasteiger partial charge in [0.05, 0.1) is 24.8 Å². The van der Waals surface area contributed by atoms with Gasteiger partial charge >= 0.3 is 12.1 Å². The van der Waals surface area contributed by atoms with Crippen LogP contribution in [0, 0.1) is 6.57 Å². The van der Waals surface area contributed by atoms with Gasteiger partial charge in [0.1, 0.15) is 31.1 Å². The van der Waals surface area contributed by atoms with E-state index in [4.69, 9.17) is 46.6 Å². The molecule has 2 aromatic rings. The first kappa shape index (κ1) is 38.4. The molecule has 5 rings (SSSR count). The SMILES string of the molecule is [C-]#[N+]CCCC(OC[C@H]1O[C@@H](n2ncc3c(N(C(=O)OC(C)(C)C)C4CCCC4)nc(Cl)nc32)[C@@H]2OC(C)(C)O[C@@H]21)(C(=O)OCC)P(C)(C)=O. The number of rotatable bonds is 12. The number of aromatic nitrogens is 4. The van der Waals surface area contributed by atoms with Crippen molar-refractivity contribution < 1.29 is 42.6 Å². The van der Waals surface area contributed by atoms with Crippen molar-refractivity contribution in [2.24, 2.45) is 0 Å². The lowest BCUT2D eigenvalue weighted by Crippen LogP contribution is -2.46. The molecule has 3 fully saturated rings. The lowest BCUT2D eigenvalue weighted by molar-refractivity contribution is -0.207. The molecule has 0 bridgehead atoms. The van der Waals surface area contributed by atoms with Gasteiger partial charge in [0.25, 0.3) is 0 Å². The maximum Gasteiger partial charge on any atom is 0.416 e. The lowest BCUT2D eigenvalue weighted by Gasteiger charge is -2.35. The first-order valence-electron chi connectivity index (χ1n) is 17.0. The third kappa shape index (κ3) is 7.81. The van der Waals surface area contributed by atoms with Crippen molar-refractivity contribution in [2.75, 3.05) is 38.0 Å². The third-order valence-electron chi connectivity index (χ3n) is 9.02. The van der Waals surface area contributed by atoms with Gasteiger partial charge in [-0.25, -0.2) is 20.8 Å². The number of amides is 1. The van der Waals surface area contributed by atoms with Crippen molar-refractivity contribution in [3.8, 4) is 0 Å². The second-order valence-electron chi connectivity index (χ2n) is 14.7. The van der Waals surface area contributed by atoms with E-state index in [2.05, 4.69) is 19.9 Å². The highest BCUT2D eigenvalue weighted by atomic mass is 35.5. The number of ether oxygens (including phenoxy) is 6. The zero-order valence-corrected chi connectivity index (χ0v) is 31.7. The van der Waals surface area contributed by atoms with E-state index in [0.29, 0.717) is 11.0 Å². The summed E-state index contributed by atoms with van der Waals surface area (Å²) in [7, 11) is -3.31. The highest BCUT2D eigenvalue weighted by molar-refractivity contribution is 7.64. The van der Waals surface area contributed by atoms with Crippen LogP contribution in [0.1, 0.15) is 86.3 Å². The van der Waals surface area contributed by atoms with E-state index in [1.54, 1.807) is 31.9 Å². The second kappa shape index (κ2) is 14.6. The Morgan fingerprint density at radius 1 is 1.18 bits per heavy atom. The average molecular weight is 739 g/mol. The van der Waals surface area contributed by atoms with Gasteiger partial charge in [0, 0.05) is 18.9 Å². The molecule has 0 aromatic carbocycles. The third-order valence-corrected chi connectivity index (χ3v) is 11.5. The standard InChI is InChI=1S/C33H48ClN6O9P/c1-10-44-28(41)33(50(8,9)43,16-13-17-35-7)45-19-22-23-24(48-32(5,6)47-23)27(46-22)40-26-21(18-36-40)25(37-29(34)38-26)39(20-14-11-12-15-20)30(42)49-31(2,3)4/h18,20,22-24,27H,10-17,19H2,1-6,8-9H3/t22-,23-,24-,27-,33?/m1/s1. The molecular weight excluding hydrogens is 691 g/mol. The smallest absolute Gasteiger partial charge is 0.416 e. The Hall–Kier alpha value is -2.86. The van der Waals surface area contributed by atoms with Crippen LogP contribution in [-0.2, 0) is 37.8 Å². The monoisotopic (exact) mass is 738 g/mol. The van der Waals surface area contributed by atoms with E-state index in [1.807, 2.05) is 20.8 Å². The van der Waals surface area contributed by atoms with Crippen LogP contribution >= 0.6 is 18.7 Å². The molecule has 0 radical (unpaired) electrons. The average Bonchev–Trinajstić information content (AvgIpc) is 3.78. The number of carbonyl (C=O) groups is 2. The van der Waals surface area contributed by atoms with Gasteiger partial charge in [0.15, 0.2) is 23.5 Å². The van der Waals surface area contributed by atoms with Crippen molar-refractivity contribution in [3.63, 3.8) is 0 Å². The number of hydrogen-bond acceptors (Lipinski definition) is 12. The van der Waals surface area contributed by atoms with Gasteiger partial charge in [-0.2, -0.15) is 15.1 Å². The largest absolute Gasteiger partial charge is 0.463 e. The molecule has 1 aliphatic carbocycles. The molecule has 17 heteroatoms. The lowest BCUT2D eigenvalue weighted by atomic mass is 10.1. The van der Waals surface area contributed by atoms with Gasteiger partial charge in [-0.1, -0.05) is 12.8 Å². The fraction of sp³-hybridized carbons (Fsp3) is 0.758. The minimum absolute atomic E-state index is 0.0305. The molecule has 15 nitrogen and oxygen atoms in total. The zero-order chi connectivity index (χ0) is 36.6. The van der Waals surface area contributed by atoms with E-state index in [1.165, 1.54) is 18.0 Å². The maximum atomic E-state index is 13.7. The van der Waals surface area contributed by atoms with Crippen molar-refractivity contribution in [1.29, 1.82) is 0 Å². The van der Waals surface area contributed by atoms with Crippen LogP contribution < -0.4 is 4.90 Å². The predicted octanol–water partition coefficient (Wildman–Crippen LogP) is 6.18. The molecule has 3 aliphatic rings. The number of hydrogen-bond donors (Lipinski definition) is 0. The van der Waals surface area contributed by atoms with Gasteiger partial charge in [-0.15, -0.1) is 0 Å². The van der Waals surface area contributed by atoms with Crippen LogP contribution in [0.15, 0.2) is 6.20 Å². The molecule has 1 saturated carbocycles. The number of fused-ring (bicyclic) bond motifs is 2. The van der Waals surface area contributed by atoms with Crippen molar-refractivity contribution in [1.82, 2.24) is 19.7 Å². The van der Waals surface area contributed by atoms with E-state index in [0.717, 1.165) is 25.7 Å². The van der Waals surface area contributed by atoms with Crippen LogP contribution in [0.4, 0.5) is 10.6 Å². The Balaban J connectivity index is 1.51. The highest BCUT2D eigenvalue weighted by Gasteiger charge is 2.58. The molecule has 4 heterocycles. The van der Waals surface area contributed by atoms with Crippen molar-refractivity contribution in [2.45, 2.75) is 127 Å². The molecular formula is C33H48ClN6O9P. The van der Waals surface area contributed by atoms with E-state index in [-0.39, 0.29) is 49.7 Å². The molecule has 50 heavy (non-hydrogen) atoms. The Morgan fingerprint density at radius 2 is 1.86 bits per heavy atom. The quantitative estimate of drug-likeness (QED) is 0.0802. The summed E-state index contributed by atoms with van der Waals surface area (Å²) in [6.07, 6.45) is 1.72. The number of nitrogens with zero attached hydrogens (tertiary/aromatic N) is 6. The second-order valence-corrected chi connectivity index (χ2v) is 18.5. The minimum Gasteiger partial charge on any atom is -0.463 e. The van der Waals surface area contributed by atoms with Gasteiger partial charge in [-0.3, -0.25) is 4.90 Å². The fourth-order valence-corrected chi connectivity index (χ4v) is 8.61. The van der Waals surface area contributed by atoms with Crippen LogP contribution in [0.25, 0.3) is 15.9 Å². The zero-order valence-electron chi connectivity index (χ0n) is 30.0. The van der Waals surface area contributed by atoms with Gasteiger partial charge < -0.3 is 37.8 Å². The summed E-state index contributed by atoms with van der Waals surface area (Å²) in [5.74, 6) is -1.47. The van der Waals surface area contributed by atoms with Gasteiger partial charge in [-0.05, 0) is 79.3 Å². The predicted molar refractivity (Wildman–Crippen MR) is 185 cm³/mol. The number of carbonyl (C=O) groups excluding carboxylic acids is 2. The molecule has 0 N–H and O–H groups in total. The van der Waals surface area contributed by atoms with Crippen LogP contribution in [0.5, 0.6) is 0 Å². The van der Waals surface area contributed by atoms with Crippen molar-refractivity contribution >= 4 is 47.7 Å². The summed E-state index contributed by atoms with van der Waals surface area (Å²) in [6.45, 7) is 20.8. The summed E-state index contributed by atoms with van der Waals surface area (Å²) in [5, 5.41) is 3.22. The van der Waals surface area contributed by atoms with Crippen LogP contribution in [-0.4, -0.2) is 106 Å². The first-order chi connectivity index (χ1) is 23.4. The Labute approximate surface area is 297 Å². The Kier molecular flexibility index (Phi) is 11.2. The number of anilines is 1. The Bertz CT molecular complexity index is 1660. The molecule has 2 aliphatic heterocycles. The van der Waals surface area contributed by atoms with E-state index < -0.39 is 60.5 Å². The van der Waals surface area contributed by atoms with Crippen LogP contribution in [0.2, 0.25) is 5.28 Å². The number of esters is 1. The topological polar surface area (TPSA) is 158 Å². The van der Waals surface area contributed by atoms with E-state index >= 15 is 0 Å². The molecule has 276 valence electrons. The fourth-order valence-electron chi connectivity index (χ4n) is 6.87. The summed E-state index contributed by atoms with van der Waals surface area (Å²) in [6, 6.07) is -0.147. The highest BCUT2D eigenvalue weighted by Crippen LogP contribution is 2.56. The normalized spacial score (nSPS) is 24.9. The summed E-state index contributed by atoms with van der Waals surface area (Å²) >= 11 is 6.54. The molecule has 2 aromatic heterocycles.